The van der Waals surface area contributed by atoms with Gasteiger partial charge in [0.1, 0.15) is 5.01 Å². The molecule has 0 bridgehead atoms. The maximum absolute atomic E-state index is 11.9. The first-order valence-electron chi connectivity index (χ1n) is 5.99. The number of nitrogens with one attached hydrogen (secondary N) is 2. The van der Waals surface area contributed by atoms with Crippen LogP contribution in [0, 0.1) is 5.92 Å². The third-order valence-corrected chi connectivity index (χ3v) is 4.15. The first-order chi connectivity index (χ1) is 8.08. The van der Waals surface area contributed by atoms with Crippen LogP contribution < -0.4 is 10.6 Å². The van der Waals surface area contributed by atoms with E-state index in [4.69, 9.17) is 0 Å². The third-order valence-electron chi connectivity index (χ3n) is 3.06. The Kier molecular flexibility index (Phi) is 3.79. The second-order valence-corrected chi connectivity index (χ2v) is 5.97. The molecule has 2 rings (SSSR count). The van der Waals surface area contributed by atoms with Gasteiger partial charge in [0.2, 0.25) is 5.91 Å². The Labute approximate surface area is 106 Å². The maximum atomic E-state index is 11.9. The summed E-state index contributed by atoms with van der Waals surface area (Å²) in [4.78, 5) is 16.2. The van der Waals surface area contributed by atoms with Gasteiger partial charge in [0, 0.05) is 18.0 Å². The number of carbonyl (C=O) groups is 1. The number of hydrogen-bond donors (Lipinski definition) is 2. The molecule has 0 spiro atoms. The Hall–Kier alpha value is -0.940. The second-order valence-electron chi connectivity index (χ2n) is 5.07. The highest BCUT2D eigenvalue weighted by Crippen LogP contribution is 2.22. The van der Waals surface area contributed by atoms with Crippen molar-refractivity contribution in [2.75, 3.05) is 13.1 Å². The van der Waals surface area contributed by atoms with E-state index in [0.29, 0.717) is 12.3 Å². The van der Waals surface area contributed by atoms with Gasteiger partial charge >= 0.3 is 0 Å². The van der Waals surface area contributed by atoms with Gasteiger partial charge in [-0.15, -0.1) is 11.3 Å². The fraction of sp³-hybridized carbons (Fsp3) is 0.667. The molecule has 17 heavy (non-hydrogen) atoms. The van der Waals surface area contributed by atoms with Crippen LogP contribution in [0.5, 0.6) is 0 Å². The molecule has 0 saturated carbocycles. The summed E-state index contributed by atoms with van der Waals surface area (Å²) in [7, 11) is 0. The summed E-state index contributed by atoms with van der Waals surface area (Å²) in [5.74, 6) is 0.612. The third kappa shape index (κ3) is 3.26. The van der Waals surface area contributed by atoms with E-state index in [0.717, 1.165) is 24.5 Å². The molecule has 5 heteroatoms. The quantitative estimate of drug-likeness (QED) is 0.855. The minimum atomic E-state index is -0.364. The first kappa shape index (κ1) is 12.5. The molecule has 1 atom stereocenters. The van der Waals surface area contributed by atoms with Crippen LogP contribution in [0.4, 0.5) is 0 Å². The van der Waals surface area contributed by atoms with E-state index in [1.165, 1.54) is 0 Å². The van der Waals surface area contributed by atoms with Gasteiger partial charge in [-0.3, -0.25) is 4.79 Å². The zero-order chi connectivity index (χ0) is 12.3. The molecule has 1 aromatic heterocycles. The zero-order valence-electron chi connectivity index (χ0n) is 10.3. The Bertz CT molecular complexity index is 369. The van der Waals surface area contributed by atoms with Crippen LogP contribution in [0.25, 0.3) is 0 Å². The fourth-order valence-electron chi connectivity index (χ4n) is 2.14. The van der Waals surface area contributed by atoms with Crippen molar-refractivity contribution in [1.29, 1.82) is 0 Å². The van der Waals surface area contributed by atoms with Crippen LogP contribution in [0.2, 0.25) is 0 Å². The number of carbonyl (C=O) groups excluding carboxylic acids is 1. The molecular weight excluding hydrogens is 234 g/mol. The van der Waals surface area contributed by atoms with Crippen LogP contribution in [-0.4, -0.2) is 24.0 Å². The van der Waals surface area contributed by atoms with E-state index < -0.39 is 0 Å². The highest BCUT2D eigenvalue weighted by Gasteiger charge is 2.27. The second kappa shape index (κ2) is 5.14. The van der Waals surface area contributed by atoms with Crippen molar-refractivity contribution >= 4 is 17.2 Å². The van der Waals surface area contributed by atoms with Crippen LogP contribution in [0.3, 0.4) is 0 Å². The molecule has 1 aliphatic rings. The van der Waals surface area contributed by atoms with Gasteiger partial charge in [-0.05, 0) is 39.3 Å². The van der Waals surface area contributed by atoms with Gasteiger partial charge in [-0.2, -0.15) is 0 Å². The average molecular weight is 253 g/mol. The molecule has 2 N–H and O–H groups in total. The van der Waals surface area contributed by atoms with Crippen molar-refractivity contribution in [3.05, 3.63) is 16.6 Å². The number of hydrogen-bond acceptors (Lipinski definition) is 4. The highest BCUT2D eigenvalue weighted by atomic mass is 32.1. The van der Waals surface area contributed by atoms with Gasteiger partial charge in [0.15, 0.2) is 0 Å². The molecular formula is C12H19N3OS. The van der Waals surface area contributed by atoms with Crippen molar-refractivity contribution < 1.29 is 4.79 Å². The lowest BCUT2D eigenvalue weighted by Crippen LogP contribution is -2.41. The topological polar surface area (TPSA) is 54.0 Å². The van der Waals surface area contributed by atoms with Crippen molar-refractivity contribution in [2.45, 2.75) is 32.2 Å². The predicted octanol–water partition coefficient (Wildman–Crippen LogP) is 1.49. The molecule has 1 aliphatic heterocycles. The first-order valence-corrected chi connectivity index (χ1v) is 6.87. The largest absolute Gasteiger partial charge is 0.345 e. The van der Waals surface area contributed by atoms with Crippen molar-refractivity contribution in [3.63, 3.8) is 0 Å². The summed E-state index contributed by atoms with van der Waals surface area (Å²) >= 11 is 1.58. The van der Waals surface area contributed by atoms with Crippen LogP contribution in [0.1, 0.15) is 31.7 Å². The van der Waals surface area contributed by atoms with E-state index >= 15 is 0 Å². The van der Waals surface area contributed by atoms with E-state index in [1.54, 1.807) is 17.5 Å². The lowest BCUT2D eigenvalue weighted by molar-refractivity contribution is -0.123. The van der Waals surface area contributed by atoms with E-state index in [-0.39, 0.29) is 11.4 Å². The SMILES string of the molecule is CC(C)(NC(=O)CC1CCNC1)c1nccs1. The number of rotatable bonds is 4. The summed E-state index contributed by atoms with van der Waals surface area (Å²) in [5, 5.41) is 9.23. The molecule has 1 saturated heterocycles. The minimum Gasteiger partial charge on any atom is -0.345 e. The van der Waals surface area contributed by atoms with E-state index in [9.17, 15) is 4.79 Å². The lowest BCUT2D eigenvalue weighted by Gasteiger charge is -2.24. The van der Waals surface area contributed by atoms with Gasteiger partial charge in [0.25, 0.3) is 0 Å². The van der Waals surface area contributed by atoms with E-state index in [2.05, 4.69) is 15.6 Å². The Morgan fingerprint density at radius 3 is 3.12 bits per heavy atom. The number of amides is 1. The summed E-state index contributed by atoms with van der Waals surface area (Å²) in [6.07, 6.45) is 3.49. The molecule has 94 valence electrons. The minimum absolute atomic E-state index is 0.124. The van der Waals surface area contributed by atoms with Gasteiger partial charge in [-0.1, -0.05) is 0 Å². The summed E-state index contributed by atoms with van der Waals surface area (Å²) < 4.78 is 0. The molecule has 0 aliphatic carbocycles. The van der Waals surface area contributed by atoms with Crippen LogP contribution in [0.15, 0.2) is 11.6 Å². The number of nitrogens with zero attached hydrogens (tertiary/aromatic N) is 1. The highest BCUT2D eigenvalue weighted by molar-refractivity contribution is 7.09. The number of aromatic nitrogens is 1. The molecule has 0 radical (unpaired) electrons. The Morgan fingerprint density at radius 1 is 1.71 bits per heavy atom. The summed E-state index contributed by atoms with van der Waals surface area (Å²) in [6, 6.07) is 0. The monoisotopic (exact) mass is 253 g/mol. The number of thiazole rings is 1. The predicted molar refractivity (Wildman–Crippen MR) is 68.9 cm³/mol. The van der Waals surface area contributed by atoms with Crippen molar-refractivity contribution in [2.24, 2.45) is 5.92 Å². The maximum Gasteiger partial charge on any atom is 0.221 e. The summed E-state index contributed by atoms with van der Waals surface area (Å²) in [5.41, 5.74) is -0.364. The van der Waals surface area contributed by atoms with Gasteiger partial charge in [-0.25, -0.2) is 4.98 Å². The average Bonchev–Trinajstić information content (AvgIpc) is 2.87. The fourth-order valence-corrected chi connectivity index (χ4v) is 2.85. The smallest absolute Gasteiger partial charge is 0.221 e. The molecule has 0 aromatic carbocycles. The molecule has 2 heterocycles. The molecule has 1 unspecified atom stereocenters. The standard InChI is InChI=1S/C12H19N3OS/c1-12(2,11-14-5-6-17-11)15-10(16)7-9-3-4-13-8-9/h5-6,9,13H,3-4,7-8H2,1-2H3,(H,15,16). The lowest BCUT2D eigenvalue weighted by atomic mass is 10.0. The van der Waals surface area contributed by atoms with Gasteiger partial charge in [0.05, 0.1) is 5.54 Å². The molecule has 1 amide bonds. The van der Waals surface area contributed by atoms with Crippen molar-refractivity contribution in [3.8, 4) is 0 Å². The molecule has 1 fully saturated rings. The normalized spacial score (nSPS) is 20.5. The molecule has 1 aromatic rings. The van der Waals surface area contributed by atoms with Crippen LogP contribution in [-0.2, 0) is 10.3 Å². The summed E-state index contributed by atoms with van der Waals surface area (Å²) in [6.45, 7) is 5.99. The Morgan fingerprint density at radius 2 is 2.53 bits per heavy atom. The zero-order valence-corrected chi connectivity index (χ0v) is 11.1. The van der Waals surface area contributed by atoms with Gasteiger partial charge < -0.3 is 10.6 Å². The Balaban J connectivity index is 1.89. The molecule has 4 nitrogen and oxygen atoms in total. The van der Waals surface area contributed by atoms with E-state index in [1.807, 2.05) is 19.2 Å². The van der Waals surface area contributed by atoms with Crippen molar-refractivity contribution in [1.82, 2.24) is 15.6 Å². The van der Waals surface area contributed by atoms with Crippen LogP contribution >= 0.6 is 11.3 Å².